The molecule has 0 bridgehead atoms. The molecule has 1 aliphatic carbocycles. The third-order valence-electron chi connectivity index (χ3n) is 4.91. The molecule has 0 aromatic carbocycles. The van der Waals surface area contributed by atoms with E-state index >= 15 is 0 Å². The van der Waals surface area contributed by atoms with Crippen LogP contribution in [0.3, 0.4) is 0 Å². The van der Waals surface area contributed by atoms with Crippen molar-refractivity contribution in [2.75, 3.05) is 18.4 Å². The van der Waals surface area contributed by atoms with Gasteiger partial charge in [0.05, 0.1) is 11.2 Å². The van der Waals surface area contributed by atoms with E-state index in [-0.39, 0.29) is 17.2 Å². The largest absolute Gasteiger partial charge is 0.325 e. The molecule has 4 rings (SSSR count). The summed E-state index contributed by atoms with van der Waals surface area (Å²) in [6, 6.07) is 3.70. The Kier molecular flexibility index (Phi) is 2.89. The number of carbonyl (C=O) groups is 1. The second-order valence-corrected chi connectivity index (χ2v) is 6.11. The molecule has 1 aliphatic heterocycles. The Labute approximate surface area is 123 Å². The van der Waals surface area contributed by atoms with Crippen LogP contribution in [0, 0.1) is 11.3 Å². The Hall–Kier alpha value is -2.01. The molecule has 2 aromatic rings. The molecule has 1 atom stereocenters. The summed E-state index contributed by atoms with van der Waals surface area (Å²) in [6.45, 7) is 2.07. The number of nitrogens with one attached hydrogen (secondary N) is 2. The summed E-state index contributed by atoms with van der Waals surface area (Å²) < 4.78 is 0. The van der Waals surface area contributed by atoms with Crippen molar-refractivity contribution in [2.45, 2.75) is 19.3 Å². The first-order chi connectivity index (χ1) is 10.3. The Morgan fingerprint density at radius 3 is 3.00 bits per heavy atom. The molecule has 21 heavy (non-hydrogen) atoms. The fourth-order valence-corrected chi connectivity index (χ4v) is 3.51. The van der Waals surface area contributed by atoms with E-state index in [4.69, 9.17) is 0 Å². The van der Waals surface area contributed by atoms with Crippen molar-refractivity contribution in [1.29, 1.82) is 0 Å². The lowest BCUT2D eigenvalue weighted by atomic mass is 9.92. The number of carbonyl (C=O) groups excluding carboxylic acids is 1. The van der Waals surface area contributed by atoms with Gasteiger partial charge in [-0.05, 0) is 49.9 Å². The van der Waals surface area contributed by atoms with E-state index in [2.05, 4.69) is 20.6 Å². The van der Waals surface area contributed by atoms with Crippen LogP contribution in [0.15, 0.2) is 30.7 Å². The van der Waals surface area contributed by atoms with Crippen LogP contribution in [0.5, 0.6) is 0 Å². The van der Waals surface area contributed by atoms with Gasteiger partial charge >= 0.3 is 0 Å². The van der Waals surface area contributed by atoms with Gasteiger partial charge in [0.1, 0.15) is 0 Å². The van der Waals surface area contributed by atoms with Gasteiger partial charge in [-0.3, -0.25) is 14.8 Å². The number of hydrogen-bond donors (Lipinski definition) is 2. The third kappa shape index (κ3) is 2.17. The van der Waals surface area contributed by atoms with Gasteiger partial charge in [-0.2, -0.15) is 0 Å². The van der Waals surface area contributed by atoms with Crippen LogP contribution in [0.1, 0.15) is 19.3 Å². The first-order valence-electron chi connectivity index (χ1n) is 7.49. The number of piperidine rings is 1. The third-order valence-corrected chi connectivity index (χ3v) is 4.91. The SMILES string of the molecule is O=C(Nc1ccnc2ccncc12)C1CC12CCNCC2. The Morgan fingerprint density at radius 2 is 2.14 bits per heavy atom. The van der Waals surface area contributed by atoms with Crippen LogP contribution in [0.25, 0.3) is 10.9 Å². The highest BCUT2D eigenvalue weighted by molar-refractivity contribution is 6.02. The highest BCUT2D eigenvalue weighted by atomic mass is 16.2. The average Bonchev–Trinajstić information content (AvgIpc) is 3.22. The van der Waals surface area contributed by atoms with E-state index in [1.807, 2.05) is 12.1 Å². The first kappa shape index (κ1) is 12.7. The van der Waals surface area contributed by atoms with Crippen LogP contribution < -0.4 is 10.6 Å². The first-order valence-corrected chi connectivity index (χ1v) is 7.49. The quantitative estimate of drug-likeness (QED) is 0.883. The van der Waals surface area contributed by atoms with Crippen molar-refractivity contribution in [2.24, 2.45) is 11.3 Å². The zero-order valence-corrected chi connectivity index (χ0v) is 11.8. The van der Waals surface area contributed by atoms with Crippen molar-refractivity contribution in [3.8, 4) is 0 Å². The summed E-state index contributed by atoms with van der Waals surface area (Å²) in [5.74, 6) is 0.313. The molecular weight excluding hydrogens is 264 g/mol. The van der Waals surface area contributed by atoms with E-state index in [1.54, 1.807) is 18.6 Å². The van der Waals surface area contributed by atoms with Gasteiger partial charge in [-0.1, -0.05) is 0 Å². The molecule has 5 heteroatoms. The highest BCUT2D eigenvalue weighted by Gasteiger charge is 2.57. The molecule has 1 amide bonds. The minimum absolute atomic E-state index is 0.147. The molecule has 1 unspecified atom stereocenters. The van der Waals surface area contributed by atoms with Gasteiger partial charge in [-0.15, -0.1) is 0 Å². The normalized spacial score (nSPS) is 23.1. The second-order valence-electron chi connectivity index (χ2n) is 6.11. The van der Waals surface area contributed by atoms with Crippen molar-refractivity contribution in [1.82, 2.24) is 15.3 Å². The van der Waals surface area contributed by atoms with Crippen LogP contribution >= 0.6 is 0 Å². The van der Waals surface area contributed by atoms with Crippen molar-refractivity contribution < 1.29 is 4.79 Å². The smallest absolute Gasteiger partial charge is 0.228 e. The monoisotopic (exact) mass is 282 g/mol. The number of rotatable bonds is 2. The van der Waals surface area contributed by atoms with E-state index in [0.29, 0.717) is 0 Å². The van der Waals surface area contributed by atoms with E-state index in [1.165, 1.54) is 0 Å². The summed E-state index contributed by atoms with van der Waals surface area (Å²) >= 11 is 0. The Balaban J connectivity index is 1.54. The van der Waals surface area contributed by atoms with Gasteiger partial charge in [0.2, 0.25) is 5.91 Å². The fourth-order valence-electron chi connectivity index (χ4n) is 3.51. The molecule has 2 aromatic heterocycles. The molecule has 2 fully saturated rings. The van der Waals surface area contributed by atoms with Crippen LogP contribution in [-0.4, -0.2) is 29.0 Å². The Morgan fingerprint density at radius 1 is 1.29 bits per heavy atom. The second kappa shape index (κ2) is 4.77. The topological polar surface area (TPSA) is 66.9 Å². The summed E-state index contributed by atoms with van der Waals surface area (Å²) in [5, 5.41) is 7.34. The number of anilines is 1. The molecule has 1 saturated carbocycles. The molecule has 1 spiro atoms. The van der Waals surface area contributed by atoms with Gasteiger partial charge in [0, 0.05) is 29.9 Å². The molecule has 108 valence electrons. The average molecular weight is 282 g/mol. The predicted molar refractivity (Wildman–Crippen MR) is 80.8 cm³/mol. The van der Waals surface area contributed by atoms with E-state index in [0.717, 1.165) is 48.9 Å². The fraction of sp³-hybridized carbons (Fsp3) is 0.438. The maximum Gasteiger partial charge on any atom is 0.228 e. The summed E-state index contributed by atoms with van der Waals surface area (Å²) in [5.41, 5.74) is 1.93. The number of hydrogen-bond acceptors (Lipinski definition) is 4. The number of amides is 1. The van der Waals surface area contributed by atoms with Crippen molar-refractivity contribution >= 4 is 22.5 Å². The zero-order chi connectivity index (χ0) is 14.3. The van der Waals surface area contributed by atoms with Gasteiger partial charge in [0.25, 0.3) is 0 Å². The molecule has 5 nitrogen and oxygen atoms in total. The van der Waals surface area contributed by atoms with Crippen molar-refractivity contribution in [3.63, 3.8) is 0 Å². The number of nitrogens with zero attached hydrogens (tertiary/aromatic N) is 2. The highest BCUT2D eigenvalue weighted by Crippen LogP contribution is 2.58. The van der Waals surface area contributed by atoms with Gasteiger partial charge in [-0.25, -0.2) is 0 Å². The number of fused-ring (bicyclic) bond motifs is 1. The lowest BCUT2D eigenvalue weighted by Gasteiger charge is -2.23. The van der Waals surface area contributed by atoms with Crippen LogP contribution in [-0.2, 0) is 4.79 Å². The molecule has 3 heterocycles. The molecule has 0 radical (unpaired) electrons. The molecule has 1 saturated heterocycles. The zero-order valence-electron chi connectivity index (χ0n) is 11.8. The van der Waals surface area contributed by atoms with Gasteiger partial charge in [0.15, 0.2) is 0 Å². The van der Waals surface area contributed by atoms with Crippen LogP contribution in [0.2, 0.25) is 0 Å². The maximum absolute atomic E-state index is 12.5. The minimum atomic E-state index is 0.147. The van der Waals surface area contributed by atoms with E-state index < -0.39 is 0 Å². The summed E-state index contributed by atoms with van der Waals surface area (Å²) in [4.78, 5) is 20.9. The Bertz CT molecular complexity index is 688. The lowest BCUT2D eigenvalue weighted by molar-refractivity contribution is -0.118. The van der Waals surface area contributed by atoms with E-state index in [9.17, 15) is 4.79 Å². The van der Waals surface area contributed by atoms with Crippen molar-refractivity contribution in [3.05, 3.63) is 30.7 Å². The maximum atomic E-state index is 12.5. The molecule has 2 aliphatic rings. The number of aromatic nitrogens is 2. The minimum Gasteiger partial charge on any atom is -0.325 e. The van der Waals surface area contributed by atoms with Crippen LogP contribution in [0.4, 0.5) is 5.69 Å². The standard InChI is InChI=1S/C16H18N4O/c21-15(12-9-16(12)3-7-17-8-4-16)20-14-2-6-19-13-1-5-18-10-11(13)14/h1-2,5-6,10,12,17H,3-4,7-9H2,(H,19,20,21). The predicted octanol–water partition coefficient (Wildman–Crippen LogP) is 1.96. The summed E-state index contributed by atoms with van der Waals surface area (Å²) in [6.07, 6.45) is 8.46. The molecule has 2 N–H and O–H groups in total. The lowest BCUT2D eigenvalue weighted by Crippen LogP contribution is -2.31. The number of pyridine rings is 2. The summed E-state index contributed by atoms with van der Waals surface area (Å²) in [7, 11) is 0. The molecular formula is C16H18N4O. The van der Waals surface area contributed by atoms with Gasteiger partial charge < -0.3 is 10.6 Å².